The topological polar surface area (TPSA) is 64.4 Å². The first-order chi connectivity index (χ1) is 9.92. The second kappa shape index (κ2) is 6.90. The van der Waals surface area contributed by atoms with Crippen molar-refractivity contribution >= 4 is 21.8 Å². The Bertz CT molecular complexity index is 488. The molecular formula is C16H23BrN2O2. The third-order valence-electron chi connectivity index (χ3n) is 3.99. The standard InChI is InChI=1S/C16H23BrN2O2/c1-16(2,11-3-5-12(17)6-4-11)10-19-15(20)14-8-7-13(9-18)21-14/h3-6,13-14H,7-10,18H2,1-2H3,(H,19,20)/t13-,14+/m1/s1. The van der Waals surface area contributed by atoms with Crippen molar-refractivity contribution in [1.82, 2.24) is 5.32 Å². The number of amides is 1. The second-order valence-corrected chi connectivity index (χ2v) is 7.08. The van der Waals surface area contributed by atoms with E-state index in [9.17, 15) is 4.79 Å². The molecular weight excluding hydrogens is 332 g/mol. The van der Waals surface area contributed by atoms with Gasteiger partial charge in [0.15, 0.2) is 0 Å². The minimum absolute atomic E-state index is 0.0280. The fourth-order valence-corrected chi connectivity index (χ4v) is 2.76. The van der Waals surface area contributed by atoms with Crippen molar-refractivity contribution in [2.24, 2.45) is 5.73 Å². The van der Waals surface area contributed by atoms with Crippen molar-refractivity contribution < 1.29 is 9.53 Å². The minimum Gasteiger partial charge on any atom is -0.364 e. The Morgan fingerprint density at radius 1 is 1.38 bits per heavy atom. The maximum atomic E-state index is 12.2. The number of carbonyl (C=O) groups excluding carboxylic acids is 1. The van der Waals surface area contributed by atoms with Crippen LogP contribution in [0, 0.1) is 0 Å². The molecule has 0 aromatic heterocycles. The van der Waals surface area contributed by atoms with E-state index in [4.69, 9.17) is 10.5 Å². The van der Waals surface area contributed by atoms with Crippen LogP contribution in [-0.2, 0) is 14.9 Å². The van der Waals surface area contributed by atoms with Crippen molar-refractivity contribution in [3.05, 3.63) is 34.3 Å². The van der Waals surface area contributed by atoms with Gasteiger partial charge in [0.25, 0.3) is 0 Å². The van der Waals surface area contributed by atoms with E-state index in [1.165, 1.54) is 5.56 Å². The quantitative estimate of drug-likeness (QED) is 0.852. The molecule has 116 valence electrons. The molecule has 1 aromatic rings. The van der Waals surface area contributed by atoms with Gasteiger partial charge in [-0.15, -0.1) is 0 Å². The largest absolute Gasteiger partial charge is 0.364 e. The number of nitrogens with one attached hydrogen (secondary N) is 1. The maximum Gasteiger partial charge on any atom is 0.249 e. The van der Waals surface area contributed by atoms with Gasteiger partial charge < -0.3 is 15.8 Å². The lowest BCUT2D eigenvalue weighted by molar-refractivity contribution is -0.132. The smallest absolute Gasteiger partial charge is 0.249 e. The SMILES string of the molecule is CC(C)(CNC(=O)[C@@H]1CC[C@H](CN)O1)c1ccc(Br)cc1. The van der Waals surface area contributed by atoms with Crippen LogP contribution in [0.4, 0.5) is 0 Å². The highest BCUT2D eigenvalue weighted by molar-refractivity contribution is 9.10. The third-order valence-corrected chi connectivity index (χ3v) is 4.52. The van der Waals surface area contributed by atoms with Crippen LogP contribution >= 0.6 is 15.9 Å². The van der Waals surface area contributed by atoms with E-state index in [0.717, 1.165) is 17.3 Å². The van der Waals surface area contributed by atoms with Crippen molar-refractivity contribution in [3.8, 4) is 0 Å². The fraction of sp³-hybridized carbons (Fsp3) is 0.562. The zero-order valence-corrected chi connectivity index (χ0v) is 14.2. The zero-order valence-electron chi connectivity index (χ0n) is 12.6. The lowest BCUT2D eigenvalue weighted by Gasteiger charge is -2.26. The molecule has 0 radical (unpaired) electrons. The molecule has 1 aliphatic heterocycles. The minimum atomic E-state index is -0.348. The van der Waals surface area contributed by atoms with Gasteiger partial charge in [0, 0.05) is 23.0 Å². The van der Waals surface area contributed by atoms with E-state index in [2.05, 4.69) is 47.2 Å². The van der Waals surface area contributed by atoms with Crippen molar-refractivity contribution in [2.45, 2.75) is 44.3 Å². The van der Waals surface area contributed by atoms with Crippen LogP contribution in [0.15, 0.2) is 28.7 Å². The van der Waals surface area contributed by atoms with E-state index in [-0.39, 0.29) is 23.5 Å². The Kier molecular flexibility index (Phi) is 5.41. The van der Waals surface area contributed by atoms with E-state index >= 15 is 0 Å². The predicted molar refractivity (Wildman–Crippen MR) is 87.1 cm³/mol. The van der Waals surface area contributed by atoms with Crippen LogP contribution in [0.2, 0.25) is 0 Å². The highest BCUT2D eigenvalue weighted by atomic mass is 79.9. The summed E-state index contributed by atoms with van der Waals surface area (Å²) in [4.78, 5) is 12.2. The van der Waals surface area contributed by atoms with Gasteiger partial charge in [-0.2, -0.15) is 0 Å². The molecule has 0 aliphatic carbocycles. The average molecular weight is 355 g/mol. The average Bonchev–Trinajstić information content (AvgIpc) is 2.94. The number of nitrogens with two attached hydrogens (primary N) is 1. The summed E-state index contributed by atoms with van der Waals surface area (Å²) in [7, 11) is 0. The number of halogens is 1. The first-order valence-corrected chi connectivity index (χ1v) is 8.11. The predicted octanol–water partition coefficient (Wildman–Crippen LogP) is 2.35. The van der Waals surface area contributed by atoms with Gasteiger partial charge in [-0.05, 0) is 30.5 Å². The number of hydrogen-bond donors (Lipinski definition) is 2. The summed E-state index contributed by atoms with van der Waals surface area (Å²) >= 11 is 3.43. The van der Waals surface area contributed by atoms with Gasteiger partial charge in [0.1, 0.15) is 6.10 Å². The zero-order chi connectivity index (χ0) is 15.5. The van der Waals surface area contributed by atoms with Gasteiger partial charge in [0.05, 0.1) is 6.10 Å². The van der Waals surface area contributed by atoms with E-state index in [1.54, 1.807) is 0 Å². The number of benzene rings is 1. The lowest BCUT2D eigenvalue weighted by Crippen LogP contribution is -2.42. The highest BCUT2D eigenvalue weighted by Gasteiger charge is 2.31. The van der Waals surface area contributed by atoms with E-state index in [1.807, 2.05) is 12.1 Å². The Morgan fingerprint density at radius 2 is 2.05 bits per heavy atom. The Morgan fingerprint density at radius 3 is 2.62 bits per heavy atom. The number of ether oxygens (including phenoxy) is 1. The third kappa shape index (κ3) is 4.28. The van der Waals surface area contributed by atoms with Gasteiger partial charge in [-0.3, -0.25) is 4.79 Å². The monoisotopic (exact) mass is 354 g/mol. The molecule has 2 rings (SSSR count). The molecule has 2 atom stereocenters. The van der Waals surface area contributed by atoms with Crippen LogP contribution in [0.25, 0.3) is 0 Å². The van der Waals surface area contributed by atoms with Crippen LogP contribution in [0.5, 0.6) is 0 Å². The lowest BCUT2D eigenvalue weighted by atomic mass is 9.84. The first kappa shape index (κ1) is 16.5. The molecule has 1 heterocycles. The summed E-state index contributed by atoms with van der Waals surface area (Å²) < 4.78 is 6.67. The van der Waals surface area contributed by atoms with Crippen LogP contribution in [0.3, 0.4) is 0 Å². The van der Waals surface area contributed by atoms with E-state index in [0.29, 0.717) is 13.1 Å². The molecule has 1 saturated heterocycles. The first-order valence-electron chi connectivity index (χ1n) is 7.31. The molecule has 1 aliphatic rings. The molecule has 1 aromatic carbocycles. The van der Waals surface area contributed by atoms with Crippen LogP contribution in [0.1, 0.15) is 32.3 Å². The van der Waals surface area contributed by atoms with Crippen LogP contribution < -0.4 is 11.1 Å². The Hall–Kier alpha value is -0.910. The Labute approximate surface area is 134 Å². The fourth-order valence-electron chi connectivity index (χ4n) is 2.50. The summed E-state index contributed by atoms with van der Waals surface area (Å²) in [6.07, 6.45) is 1.30. The molecule has 21 heavy (non-hydrogen) atoms. The summed E-state index contributed by atoms with van der Waals surface area (Å²) in [5.74, 6) is -0.0314. The summed E-state index contributed by atoms with van der Waals surface area (Å²) in [5, 5.41) is 3.01. The molecule has 0 spiro atoms. The van der Waals surface area contributed by atoms with Crippen molar-refractivity contribution in [1.29, 1.82) is 0 Å². The molecule has 5 heteroatoms. The maximum absolute atomic E-state index is 12.2. The highest BCUT2D eigenvalue weighted by Crippen LogP contribution is 2.24. The van der Waals surface area contributed by atoms with E-state index < -0.39 is 0 Å². The Balaban J connectivity index is 1.89. The summed E-state index contributed by atoms with van der Waals surface area (Å²) in [6.45, 7) is 5.30. The normalized spacial score (nSPS) is 22.3. The van der Waals surface area contributed by atoms with Gasteiger partial charge in [0.2, 0.25) is 5.91 Å². The van der Waals surface area contributed by atoms with Gasteiger partial charge in [-0.1, -0.05) is 41.9 Å². The van der Waals surface area contributed by atoms with Crippen molar-refractivity contribution in [3.63, 3.8) is 0 Å². The molecule has 0 unspecified atom stereocenters. The van der Waals surface area contributed by atoms with Gasteiger partial charge >= 0.3 is 0 Å². The molecule has 1 fully saturated rings. The molecule has 1 amide bonds. The molecule has 3 N–H and O–H groups in total. The molecule has 0 bridgehead atoms. The number of hydrogen-bond acceptors (Lipinski definition) is 3. The van der Waals surface area contributed by atoms with Crippen molar-refractivity contribution in [2.75, 3.05) is 13.1 Å². The second-order valence-electron chi connectivity index (χ2n) is 6.17. The summed E-state index contributed by atoms with van der Waals surface area (Å²) in [6, 6.07) is 8.19. The molecule has 0 saturated carbocycles. The van der Waals surface area contributed by atoms with Gasteiger partial charge in [-0.25, -0.2) is 0 Å². The summed E-state index contributed by atoms with van der Waals surface area (Å²) in [5.41, 5.74) is 6.64. The molecule has 4 nitrogen and oxygen atoms in total. The number of rotatable bonds is 5. The number of carbonyl (C=O) groups is 1. The van der Waals surface area contributed by atoms with Crippen LogP contribution in [-0.4, -0.2) is 31.2 Å².